The van der Waals surface area contributed by atoms with E-state index in [0.717, 1.165) is 45.9 Å². The number of hydrogen-bond donors (Lipinski definition) is 1. The first kappa shape index (κ1) is 16.4. The van der Waals surface area contributed by atoms with Gasteiger partial charge in [0.15, 0.2) is 22.4 Å². The predicted octanol–water partition coefficient (Wildman–Crippen LogP) is 2.94. The van der Waals surface area contributed by atoms with Gasteiger partial charge in [0.05, 0.1) is 20.5 Å². The molecule has 1 aromatic heterocycles. The molecule has 7 heteroatoms. The van der Waals surface area contributed by atoms with Crippen LogP contribution in [0.25, 0.3) is 0 Å². The van der Waals surface area contributed by atoms with Crippen molar-refractivity contribution in [3.8, 4) is 11.5 Å². The smallest absolute Gasteiger partial charge is 0.177 e. The van der Waals surface area contributed by atoms with Crippen molar-refractivity contribution in [2.45, 2.75) is 6.42 Å². The number of hydrazone groups is 1. The topological polar surface area (TPSA) is 68.3 Å². The van der Waals surface area contributed by atoms with Crippen molar-refractivity contribution in [2.75, 3.05) is 26.5 Å². The fraction of sp³-hybridized carbons (Fsp3) is 0.294. The summed E-state index contributed by atoms with van der Waals surface area (Å²) in [5, 5.41) is 5.14. The second kappa shape index (κ2) is 7.92. The number of benzene rings is 1. The van der Waals surface area contributed by atoms with Crippen LogP contribution in [0.5, 0.6) is 11.5 Å². The van der Waals surface area contributed by atoms with Crippen LogP contribution in [0.2, 0.25) is 0 Å². The van der Waals surface area contributed by atoms with E-state index in [1.165, 1.54) is 0 Å². The first-order valence-corrected chi connectivity index (χ1v) is 8.53. The molecule has 0 spiro atoms. The lowest BCUT2D eigenvalue weighted by atomic mass is 10.1. The number of nitrogens with one attached hydrogen (secondary N) is 1. The molecule has 0 saturated carbocycles. The van der Waals surface area contributed by atoms with Gasteiger partial charge in [-0.05, 0) is 36.2 Å². The van der Waals surface area contributed by atoms with Gasteiger partial charge in [0.1, 0.15) is 5.71 Å². The van der Waals surface area contributed by atoms with Crippen LogP contribution < -0.4 is 14.9 Å². The fourth-order valence-corrected chi connectivity index (χ4v) is 3.06. The third-order valence-electron chi connectivity index (χ3n) is 3.54. The molecule has 0 bridgehead atoms. The minimum Gasteiger partial charge on any atom is -0.493 e. The summed E-state index contributed by atoms with van der Waals surface area (Å²) in [5.74, 6) is 3.01. The van der Waals surface area contributed by atoms with Crippen molar-refractivity contribution in [2.24, 2.45) is 10.1 Å². The molecular weight excluding hydrogens is 326 g/mol. The summed E-state index contributed by atoms with van der Waals surface area (Å²) >= 11 is 1.62. The molecule has 1 aliphatic heterocycles. The van der Waals surface area contributed by atoms with E-state index in [1.807, 2.05) is 30.3 Å². The largest absolute Gasteiger partial charge is 0.493 e. The molecule has 0 saturated heterocycles. The molecule has 24 heavy (non-hydrogen) atoms. The number of furan rings is 1. The van der Waals surface area contributed by atoms with E-state index in [2.05, 4.69) is 15.5 Å². The number of aliphatic imine (C=N–C) groups is 1. The van der Waals surface area contributed by atoms with Crippen molar-refractivity contribution in [3.05, 3.63) is 47.9 Å². The molecule has 0 amide bonds. The third kappa shape index (κ3) is 3.91. The second-order valence-electron chi connectivity index (χ2n) is 5.06. The van der Waals surface area contributed by atoms with E-state index in [4.69, 9.17) is 13.9 Å². The zero-order valence-electron chi connectivity index (χ0n) is 13.6. The lowest BCUT2D eigenvalue weighted by molar-refractivity contribution is 0.354. The molecule has 1 aromatic carbocycles. The molecule has 3 rings (SSSR count). The summed E-state index contributed by atoms with van der Waals surface area (Å²) < 4.78 is 15.9. The van der Waals surface area contributed by atoms with E-state index in [1.54, 1.807) is 32.2 Å². The summed E-state index contributed by atoms with van der Waals surface area (Å²) in [5.41, 5.74) is 5.02. The quantitative estimate of drug-likeness (QED) is 0.872. The van der Waals surface area contributed by atoms with E-state index in [9.17, 15) is 0 Å². The molecule has 0 fully saturated rings. The average molecular weight is 345 g/mol. The van der Waals surface area contributed by atoms with E-state index in [0.29, 0.717) is 6.54 Å². The predicted molar refractivity (Wildman–Crippen MR) is 96.4 cm³/mol. The maximum Gasteiger partial charge on any atom is 0.177 e. The minimum absolute atomic E-state index is 0.677. The van der Waals surface area contributed by atoms with Gasteiger partial charge in [-0.3, -0.25) is 10.4 Å². The normalized spacial score (nSPS) is 15.8. The monoisotopic (exact) mass is 345 g/mol. The van der Waals surface area contributed by atoms with Gasteiger partial charge in [-0.1, -0.05) is 17.8 Å². The standard InChI is InChI=1S/C17H19N3O3S/c1-21-15-6-5-12(10-16(15)22-2)7-8-18-17-20-19-13(11-24-17)14-4-3-9-23-14/h3-6,9-10H,7-8,11H2,1-2H3,(H,18,20). The average Bonchev–Trinajstić information content (AvgIpc) is 3.17. The van der Waals surface area contributed by atoms with Crippen LogP contribution in [-0.2, 0) is 6.42 Å². The zero-order chi connectivity index (χ0) is 16.8. The molecule has 1 N–H and O–H groups in total. The van der Waals surface area contributed by atoms with Gasteiger partial charge in [0.25, 0.3) is 0 Å². The molecule has 0 atom stereocenters. The Balaban J connectivity index is 1.56. The van der Waals surface area contributed by atoms with Crippen molar-refractivity contribution in [3.63, 3.8) is 0 Å². The molecule has 0 aliphatic carbocycles. The number of ether oxygens (including phenoxy) is 2. The lowest BCUT2D eigenvalue weighted by Gasteiger charge is -2.13. The van der Waals surface area contributed by atoms with Crippen LogP contribution in [0.4, 0.5) is 0 Å². The van der Waals surface area contributed by atoms with E-state index < -0.39 is 0 Å². The number of hydrogen-bond acceptors (Lipinski definition) is 6. The Kier molecular flexibility index (Phi) is 5.43. The van der Waals surface area contributed by atoms with Crippen LogP contribution in [-0.4, -0.2) is 37.4 Å². The van der Waals surface area contributed by atoms with Gasteiger partial charge in [-0.25, -0.2) is 0 Å². The first-order valence-electron chi connectivity index (χ1n) is 7.54. The molecule has 2 aromatic rings. The van der Waals surface area contributed by atoms with E-state index in [-0.39, 0.29) is 0 Å². The Bertz CT molecular complexity index is 742. The van der Waals surface area contributed by atoms with Crippen LogP contribution in [0.15, 0.2) is 51.1 Å². The Hall–Kier alpha value is -2.41. The van der Waals surface area contributed by atoms with Gasteiger partial charge in [0.2, 0.25) is 0 Å². The number of amidine groups is 1. The fourth-order valence-electron chi connectivity index (χ4n) is 2.29. The highest BCUT2D eigenvalue weighted by molar-refractivity contribution is 8.14. The Morgan fingerprint density at radius 2 is 2.12 bits per heavy atom. The van der Waals surface area contributed by atoms with Gasteiger partial charge in [-0.15, -0.1) is 0 Å². The number of methoxy groups -OCH3 is 2. The number of rotatable bonds is 6. The molecule has 0 radical (unpaired) electrons. The van der Waals surface area contributed by atoms with Crippen LogP contribution in [0.1, 0.15) is 11.3 Å². The highest BCUT2D eigenvalue weighted by Crippen LogP contribution is 2.27. The van der Waals surface area contributed by atoms with Crippen molar-refractivity contribution in [1.82, 2.24) is 5.43 Å². The highest BCUT2D eigenvalue weighted by atomic mass is 32.2. The van der Waals surface area contributed by atoms with Crippen molar-refractivity contribution >= 4 is 22.6 Å². The van der Waals surface area contributed by atoms with Crippen LogP contribution in [0, 0.1) is 0 Å². The van der Waals surface area contributed by atoms with Gasteiger partial charge in [0, 0.05) is 12.3 Å². The van der Waals surface area contributed by atoms with Crippen LogP contribution in [0.3, 0.4) is 0 Å². The lowest BCUT2D eigenvalue weighted by Crippen LogP contribution is -2.25. The SMILES string of the molecule is COc1ccc(CCN=C2NN=C(c3ccco3)CS2)cc1OC. The van der Waals surface area contributed by atoms with Crippen LogP contribution >= 0.6 is 11.8 Å². The maximum atomic E-state index is 5.34. The number of thioether (sulfide) groups is 1. The molecule has 6 nitrogen and oxygen atoms in total. The Labute approximate surface area is 144 Å². The maximum absolute atomic E-state index is 5.34. The van der Waals surface area contributed by atoms with Gasteiger partial charge < -0.3 is 13.9 Å². The van der Waals surface area contributed by atoms with Gasteiger partial charge >= 0.3 is 0 Å². The molecule has 1 aliphatic rings. The zero-order valence-corrected chi connectivity index (χ0v) is 14.4. The second-order valence-corrected chi connectivity index (χ2v) is 6.03. The summed E-state index contributed by atoms with van der Waals surface area (Å²) in [4.78, 5) is 4.55. The Morgan fingerprint density at radius 3 is 2.79 bits per heavy atom. The minimum atomic E-state index is 0.677. The summed E-state index contributed by atoms with van der Waals surface area (Å²) in [6, 6.07) is 9.67. The first-order chi connectivity index (χ1) is 11.8. The molecule has 0 unspecified atom stereocenters. The third-order valence-corrected chi connectivity index (χ3v) is 4.45. The summed E-state index contributed by atoms with van der Waals surface area (Å²) in [6.45, 7) is 0.677. The highest BCUT2D eigenvalue weighted by Gasteiger charge is 2.14. The molecule has 126 valence electrons. The number of nitrogens with zero attached hydrogens (tertiary/aromatic N) is 2. The Morgan fingerprint density at radius 1 is 1.25 bits per heavy atom. The molecule has 2 heterocycles. The molecular formula is C17H19N3O3S. The van der Waals surface area contributed by atoms with Crippen molar-refractivity contribution < 1.29 is 13.9 Å². The van der Waals surface area contributed by atoms with E-state index >= 15 is 0 Å². The summed E-state index contributed by atoms with van der Waals surface area (Å²) in [6.07, 6.45) is 2.47. The summed E-state index contributed by atoms with van der Waals surface area (Å²) in [7, 11) is 3.27. The van der Waals surface area contributed by atoms with Crippen molar-refractivity contribution in [1.29, 1.82) is 0 Å². The van der Waals surface area contributed by atoms with Gasteiger partial charge in [-0.2, -0.15) is 5.10 Å².